The van der Waals surface area contributed by atoms with Crippen LogP contribution in [0.4, 0.5) is 11.4 Å². The van der Waals surface area contributed by atoms with Gasteiger partial charge in [-0.1, -0.05) is 43.3 Å². The van der Waals surface area contributed by atoms with Gasteiger partial charge in [0.15, 0.2) is 0 Å². The number of aryl methyl sites for hydroxylation is 3. The van der Waals surface area contributed by atoms with Crippen molar-refractivity contribution >= 4 is 27.3 Å². The number of hydrogen-bond acceptors (Lipinski definition) is 3. The van der Waals surface area contributed by atoms with E-state index in [1.165, 1.54) is 6.07 Å². The lowest BCUT2D eigenvalue weighted by Gasteiger charge is -2.15. The van der Waals surface area contributed by atoms with E-state index in [9.17, 15) is 13.2 Å². The quantitative estimate of drug-likeness (QED) is 0.608. The first kappa shape index (κ1) is 20.6. The van der Waals surface area contributed by atoms with E-state index in [4.69, 9.17) is 0 Å². The average molecular weight is 409 g/mol. The van der Waals surface area contributed by atoms with Gasteiger partial charge < -0.3 is 5.32 Å². The molecule has 0 atom stereocenters. The summed E-state index contributed by atoms with van der Waals surface area (Å²) < 4.78 is 28.6. The molecule has 1 amide bonds. The zero-order chi connectivity index (χ0) is 21.0. The summed E-state index contributed by atoms with van der Waals surface area (Å²) >= 11 is 0. The second kappa shape index (κ2) is 8.49. The summed E-state index contributed by atoms with van der Waals surface area (Å²) in [4.78, 5) is 12.5. The summed E-state index contributed by atoms with van der Waals surface area (Å²) in [5.41, 5.74) is 4.21. The second-order valence-electron chi connectivity index (χ2n) is 6.86. The van der Waals surface area contributed by atoms with Gasteiger partial charge >= 0.3 is 0 Å². The van der Waals surface area contributed by atoms with Crippen LogP contribution in [0.1, 0.15) is 34.0 Å². The van der Waals surface area contributed by atoms with Gasteiger partial charge in [-0.3, -0.25) is 9.52 Å². The minimum absolute atomic E-state index is 0.151. The highest BCUT2D eigenvalue weighted by molar-refractivity contribution is 7.92. The summed E-state index contributed by atoms with van der Waals surface area (Å²) in [5, 5.41) is 2.83. The average Bonchev–Trinajstić information content (AvgIpc) is 2.71. The molecule has 3 aromatic rings. The molecule has 29 heavy (non-hydrogen) atoms. The van der Waals surface area contributed by atoms with Crippen molar-refractivity contribution in [1.29, 1.82) is 0 Å². The fraction of sp³-hybridized carbons (Fsp3) is 0.174. The number of benzene rings is 3. The molecule has 0 heterocycles. The van der Waals surface area contributed by atoms with Gasteiger partial charge in [0.1, 0.15) is 0 Å². The molecule has 0 fully saturated rings. The molecule has 150 valence electrons. The lowest BCUT2D eigenvalue weighted by atomic mass is 10.1. The molecule has 0 unspecified atom stereocenters. The summed E-state index contributed by atoms with van der Waals surface area (Å²) in [6.45, 7) is 5.64. The van der Waals surface area contributed by atoms with Crippen LogP contribution < -0.4 is 10.0 Å². The lowest BCUT2D eigenvalue weighted by molar-refractivity contribution is 0.102. The van der Waals surface area contributed by atoms with E-state index in [1.54, 1.807) is 43.3 Å². The zero-order valence-corrected chi connectivity index (χ0v) is 17.5. The summed E-state index contributed by atoms with van der Waals surface area (Å²) in [6, 6.07) is 19.3. The number of amides is 1. The Bertz CT molecular complexity index is 1140. The smallest absolute Gasteiger partial charge is 0.261 e. The molecule has 0 radical (unpaired) electrons. The fourth-order valence-corrected chi connectivity index (χ4v) is 4.35. The Morgan fingerprint density at radius 2 is 1.62 bits per heavy atom. The third-order valence-electron chi connectivity index (χ3n) is 4.77. The highest BCUT2D eigenvalue weighted by Gasteiger charge is 2.18. The molecule has 5 nitrogen and oxygen atoms in total. The number of anilines is 2. The Morgan fingerprint density at radius 3 is 2.28 bits per heavy atom. The van der Waals surface area contributed by atoms with Crippen molar-refractivity contribution in [2.24, 2.45) is 0 Å². The molecule has 0 saturated heterocycles. The maximum Gasteiger partial charge on any atom is 0.261 e. The predicted octanol–water partition coefficient (Wildman–Crippen LogP) is 4.92. The SMILES string of the molecule is CCc1cccc(C)c1NS(=O)(=O)c1ccc(NC(=O)c2ccccc2)c(C)c1. The van der Waals surface area contributed by atoms with Gasteiger partial charge in [-0.25, -0.2) is 8.42 Å². The minimum Gasteiger partial charge on any atom is -0.322 e. The molecule has 6 heteroatoms. The molecule has 0 aromatic heterocycles. The molecule has 2 N–H and O–H groups in total. The third-order valence-corrected chi connectivity index (χ3v) is 6.12. The number of rotatable bonds is 6. The molecule has 0 aliphatic rings. The Morgan fingerprint density at radius 1 is 0.897 bits per heavy atom. The van der Waals surface area contributed by atoms with Gasteiger partial charge in [-0.15, -0.1) is 0 Å². The maximum absolute atomic E-state index is 12.9. The highest BCUT2D eigenvalue weighted by atomic mass is 32.2. The number of carbonyl (C=O) groups excluding carboxylic acids is 1. The van der Waals surface area contributed by atoms with E-state index in [2.05, 4.69) is 10.0 Å². The Balaban J connectivity index is 1.85. The van der Waals surface area contributed by atoms with E-state index in [1.807, 2.05) is 38.1 Å². The van der Waals surface area contributed by atoms with Crippen molar-refractivity contribution in [2.45, 2.75) is 32.1 Å². The first-order valence-corrected chi connectivity index (χ1v) is 10.9. The zero-order valence-electron chi connectivity index (χ0n) is 16.7. The topological polar surface area (TPSA) is 75.3 Å². The largest absolute Gasteiger partial charge is 0.322 e. The third kappa shape index (κ3) is 4.66. The number of nitrogens with one attached hydrogen (secondary N) is 2. The van der Waals surface area contributed by atoms with Crippen LogP contribution in [0.2, 0.25) is 0 Å². The van der Waals surface area contributed by atoms with E-state index < -0.39 is 10.0 Å². The van der Waals surface area contributed by atoms with E-state index in [-0.39, 0.29) is 10.8 Å². The first-order chi connectivity index (χ1) is 13.8. The minimum atomic E-state index is -3.75. The van der Waals surface area contributed by atoms with E-state index in [0.717, 1.165) is 17.5 Å². The van der Waals surface area contributed by atoms with Crippen LogP contribution in [0.3, 0.4) is 0 Å². The van der Waals surface area contributed by atoms with Crippen LogP contribution in [-0.2, 0) is 16.4 Å². The Kier molecular flexibility index (Phi) is 6.03. The Hall–Kier alpha value is -3.12. The van der Waals surface area contributed by atoms with Gasteiger partial charge in [0.25, 0.3) is 15.9 Å². The van der Waals surface area contributed by atoms with Crippen molar-refractivity contribution in [2.75, 3.05) is 10.0 Å². The maximum atomic E-state index is 12.9. The standard InChI is InChI=1S/C23H24N2O3S/c1-4-18-12-8-9-16(2)22(18)25-29(27,28)20-13-14-21(17(3)15-20)24-23(26)19-10-6-5-7-11-19/h5-15,25H,4H2,1-3H3,(H,24,26). The monoisotopic (exact) mass is 408 g/mol. The van der Waals surface area contributed by atoms with Crippen molar-refractivity contribution in [1.82, 2.24) is 0 Å². The fourth-order valence-electron chi connectivity index (χ4n) is 3.09. The van der Waals surface area contributed by atoms with Crippen molar-refractivity contribution < 1.29 is 13.2 Å². The number of carbonyl (C=O) groups is 1. The molecule has 3 aromatic carbocycles. The van der Waals surface area contributed by atoms with Crippen LogP contribution in [0.25, 0.3) is 0 Å². The summed E-state index contributed by atoms with van der Waals surface area (Å²) in [5.74, 6) is -0.241. The number of sulfonamides is 1. The van der Waals surface area contributed by atoms with Gasteiger partial charge in [0.05, 0.1) is 10.6 Å². The molecule has 3 rings (SSSR count). The van der Waals surface area contributed by atoms with Crippen LogP contribution >= 0.6 is 0 Å². The van der Waals surface area contributed by atoms with Crippen LogP contribution in [0.5, 0.6) is 0 Å². The van der Waals surface area contributed by atoms with Crippen LogP contribution in [0, 0.1) is 13.8 Å². The predicted molar refractivity (Wildman–Crippen MR) is 117 cm³/mol. The van der Waals surface area contributed by atoms with Crippen molar-refractivity contribution in [3.63, 3.8) is 0 Å². The van der Waals surface area contributed by atoms with Gasteiger partial charge in [-0.2, -0.15) is 0 Å². The first-order valence-electron chi connectivity index (χ1n) is 9.40. The van der Waals surface area contributed by atoms with E-state index >= 15 is 0 Å². The molecule has 0 saturated carbocycles. The highest BCUT2D eigenvalue weighted by Crippen LogP contribution is 2.26. The lowest BCUT2D eigenvalue weighted by Crippen LogP contribution is -2.16. The van der Waals surface area contributed by atoms with Crippen LogP contribution in [0.15, 0.2) is 71.6 Å². The number of hydrogen-bond donors (Lipinski definition) is 2. The van der Waals surface area contributed by atoms with Gasteiger partial charge in [0.2, 0.25) is 0 Å². The normalized spacial score (nSPS) is 11.1. The van der Waals surface area contributed by atoms with Crippen LogP contribution in [-0.4, -0.2) is 14.3 Å². The molecule has 0 spiro atoms. The molecule has 0 aliphatic carbocycles. The Labute approximate surface area is 171 Å². The molecule has 0 bridgehead atoms. The second-order valence-corrected chi connectivity index (χ2v) is 8.55. The van der Waals surface area contributed by atoms with Gasteiger partial charge in [-0.05, 0) is 67.3 Å². The number of para-hydroxylation sites is 1. The summed E-state index contributed by atoms with van der Waals surface area (Å²) in [6.07, 6.45) is 0.725. The molecular weight excluding hydrogens is 384 g/mol. The molecule has 0 aliphatic heterocycles. The van der Waals surface area contributed by atoms with Crippen molar-refractivity contribution in [3.8, 4) is 0 Å². The van der Waals surface area contributed by atoms with Crippen molar-refractivity contribution in [3.05, 3.63) is 89.0 Å². The molecular formula is C23H24N2O3S. The van der Waals surface area contributed by atoms with E-state index in [0.29, 0.717) is 22.5 Å². The summed E-state index contributed by atoms with van der Waals surface area (Å²) in [7, 11) is -3.75. The van der Waals surface area contributed by atoms with Gasteiger partial charge in [0, 0.05) is 11.3 Å².